The van der Waals surface area contributed by atoms with Gasteiger partial charge in [-0.15, -0.1) is 0 Å². The number of halogens is 1. The molecule has 0 bridgehead atoms. The topological polar surface area (TPSA) is 42.7 Å². The number of hydrogen-bond acceptors (Lipinski definition) is 3. The van der Waals surface area contributed by atoms with Crippen molar-refractivity contribution in [2.75, 3.05) is 19.7 Å². The molecule has 0 N–H and O–H groups in total. The number of rotatable bonds is 9. The smallest absolute Gasteiger partial charge is 0.246 e. The Balaban J connectivity index is 2.06. The van der Waals surface area contributed by atoms with Crippen LogP contribution in [0.25, 0.3) is 27.7 Å². The minimum Gasteiger partial charge on any atom is -0.493 e. The number of hydrogen-bond donors (Lipinski definition) is 0. The van der Waals surface area contributed by atoms with Crippen molar-refractivity contribution < 1.29 is 13.9 Å². The molecule has 3 rings (SSSR count). The van der Waals surface area contributed by atoms with Gasteiger partial charge in [-0.05, 0) is 56.0 Å². The third kappa shape index (κ3) is 5.31. The fourth-order valence-electron chi connectivity index (χ4n) is 3.72. The van der Waals surface area contributed by atoms with Crippen molar-refractivity contribution in [1.29, 1.82) is 0 Å². The molecule has 0 aliphatic carbocycles. The molecule has 0 aliphatic heterocycles. The molecule has 4 nitrogen and oxygen atoms in total. The van der Waals surface area contributed by atoms with Crippen LogP contribution in [0.3, 0.4) is 0 Å². The standard InChI is InChI=1S/C26H30ClNO3/c1-5-12-28(13-6-2)26(29)14-18(4)21-15-22-23(19-8-10-20(27)11-9-19)17-31-25(22)16-24(21)30-7-3/h8-11,14-17H,5-7,12-13H2,1-4H3/b18-14+. The molecule has 0 fully saturated rings. The summed E-state index contributed by atoms with van der Waals surface area (Å²) in [5.41, 5.74) is 4.51. The molecule has 0 aliphatic rings. The third-order valence-corrected chi connectivity index (χ3v) is 5.45. The number of allylic oxidation sites excluding steroid dienone is 1. The van der Waals surface area contributed by atoms with Crippen LogP contribution in [0.2, 0.25) is 5.02 Å². The van der Waals surface area contributed by atoms with Crippen molar-refractivity contribution in [2.24, 2.45) is 0 Å². The molecule has 3 aromatic rings. The Morgan fingerprint density at radius 1 is 1.10 bits per heavy atom. The Morgan fingerprint density at radius 2 is 1.77 bits per heavy atom. The summed E-state index contributed by atoms with van der Waals surface area (Å²) < 4.78 is 11.7. The summed E-state index contributed by atoms with van der Waals surface area (Å²) in [5, 5.41) is 1.66. The lowest BCUT2D eigenvalue weighted by molar-refractivity contribution is -0.126. The van der Waals surface area contributed by atoms with Gasteiger partial charge in [0.15, 0.2) is 0 Å². The fourth-order valence-corrected chi connectivity index (χ4v) is 3.84. The van der Waals surface area contributed by atoms with Crippen molar-refractivity contribution >= 4 is 34.1 Å². The lowest BCUT2D eigenvalue weighted by atomic mass is 9.99. The quantitative estimate of drug-likeness (QED) is 0.331. The molecular formula is C26H30ClNO3. The molecular weight excluding hydrogens is 410 g/mol. The Bertz CT molecular complexity index is 1060. The summed E-state index contributed by atoms with van der Waals surface area (Å²) in [7, 11) is 0. The minimum atomic E-state index is 0.0360. The second-order valence-corrected chi connectivity index (χ2v) is 8.02. The molecule has 0 radical (unpaired) electrons. The normalized spacial score (nSPS) is 11.7. The van der Waals surface area contributed by atoms with Gasteiger partial charge in [0.2, 0.25) is 5.91 Å². The largest absolute Gasteiger partial charge is 0.493 e. The zero-order valence-corrected chi connectivity index (χ0v) is 19.5. The van der Waals surface area contributed by atoms with E-state index in [0.717, 1.165) is 59.2 Å². The van der Waals surface area contributed by atoms with Crippen molar-refractivity contribution in [2.45, 2.75) is 40.5 Å². The average molecular weight is 440 g/mol. The molecule has 2 aromatic carbocycles. The summed E-state index contributed by atoms with van der Waals surface area (Å²) in [6, 6.07) is 11.6. The van der Waals surface area contributed by atoms with Gasteiger partial charge in [-0.25, -0.2) is 0 Å². The van der Waals surface area contributed by atoms with E-state index in [2.05, 4.69) is 19.9 Å². The maximum atomic E-state index is 12.9. The highest BCUT2D eigenvalue weighted by molar-refractivity contribution is 6.30. The Labute approximate surface area is 189 Å². The minimum absolute atomic E-state index is 0.0360. The first-order chi connectivity index (χ1) is 15.0. The first-order valence-electron chi connectivity index (χ1n) is 10.9. The van der Waals surface area contributed by atoms with Crippen LogP contribution in [0.4, 0.5) is 0 Å². The Kier molecular flexibility index (Phi) is 7.80. The van der Waals surface area contributed by atoms with Crippen LogP contribution >= 0.6 is 11.6 Å². The fraction of sp³-hybridized carbons (Fsp3) is 0.346. The molecule has 0 saturated carbocycles. The zero-order chi connectivity index (χ0) is 22.4. The molecule has 1 aromatic heterocycles. The number of nitrogens with zero attached hydrogens (tertiary/aromatic N) is 1. The van der Waals surface area contributed by atoms with Gasteiger partial charge in [-0.1, -0.05) is 37.6 Å². The van der Waals surface area contributed by atoms with E-state index in [4.69, 9.17) is 20.8 Å². The van der Waals surface area contributed by atoms with Crippen LogP contribution in [0.1, 0.15) is 46.1 Å². The van der Waals surface area contributed by atoms with E-state index in [-0.39, 0.29) is 5.91 Å². The van der Waals surface area contributed by atoms with Gasteiger partial charge in [0.1, 0.15) is 11.3 Å². The molecule has 0 atom stereocenters. The van der Waals surface area contributed by atoms with E-state index in [9.17, 15) is 4.79 Å². The average Bonchev–Trinajstić information content (AvgIpc) is 3.16. The molecule has 164 valence electrons. The van der Waals surface area contributed by atoms with E-state index in [0.29, 0.717) is 17.4 Å². The Morgan fingerprint density at radius 3 is 2.39 bits per heavy atom. The summed E-state index contributed by atoms with van der Waals surface area (Å²) >= 11 is 6.05. The predicted octanol–water partition coefficient (Wildman–Crippen LogP) is 7.20. The van der Waals surface area contributed by atoms with E-state index in [1.807, 2.05) is 49.1 Å². The Hall–Kier alpha value is -2.72. The molecule has 0 spiro atoms. The van der Waals surface area contributed by atoms with Gasteiger partial charge in [0, 0.05) is 46.8 Å². The van der Waals surface area contributed by atoms with Gasteiger partial charge < -0.3 is 14.1 Å². The van der Waals surface area contributed by atoms with Gasteiger partial charge in [0.25, 0.3) is 0 Å². The van der Waals surface area contributed by atoms with Gasteiger partial charge >= 0.3 is 0 Å². The number of benzene rings is 2. The molecule has 0 unspecified atom stereocenters. The first kappa shape index (κ1) is 23.0. The number of fused-ring (bicyclic) bond motifs is 1. The van der Waals surface area contributed by atoms with Gasteiger partial charge in [-0.3, -0.25) is 4.79 Å². The number of carbonyl (C=O) groups excluding carboxylic acids is 1. The SMILES string of the molecule is CCCN(CCC)C(=O)/C=C(\C)c1cc2c(-c3ccc(Cl)cc3)coc2cc1OCC. The highest BCUT2D eigenvalue weighted by Crippen LogP contribution is 2.37. The summed E-state index contributed by atoms with van der Waals surface area (Å²) in [6.45, 7) is 10.1. The highest BCUT2D eigenvalue weighted by Gasteiger charge is 2.16. The summed E-state index contributed by atoms with van der Waals surface area (Å²) in [4.78, 5) is 14.8. The highest BCUT2D eigenvalue weighted by atomic mass is 35.5. The van der Waals surface area contributed by atoms with Crippen LogP contribution in [0, 0.1) is 0 Å². The maximum Gasteiger partial charge on any atom is 0.246 e. The number of carbonyl (C=O) groups is 1. The number of amides is 1. The van der Waals surface area contributed by atoms with Crippen molar-refractivity contribution in [3.63, 3.8) is 0 Å². The third-order valence-electron chi connectivity index (χ3n) is 5.19. The van der Waals surface area contributed by atoms with Crippen molar-refractivity contribution in [1.82, 2.24) is 4.90 Å². The monoisotopic (exact) mass is 439 g/mol. The lowest BCUT2D eigenvalue weighted by Crippen LogP contribution is -2.31. The van der Waals surface area contributed by atoms with Gasteiger partial charge in [0.05, 0.1) is 12.9 Å². The summed E-state index contributed by atoms with van der Waals surface area (Å²) in [5.74, 6) is 0.750. The van der Waals surface area contributed by atoms with Crippen LogP contribution in [-0.2, 0) is 4.79 Å². The van der Waals surface area contributed by atoms with Crippen LogP contribution in [0.5, 0.6) is 5.75 Å². The number of furan rings is 1. The van der Waals surface area contributed by atoms with E-state index in [1.54, 1.807) is 12.3 Å². The molecule has 31 heavy (non-hydrogen) atoms. The first-order valence-corrected chi connectivity index (χ1v) is 11.3. The van der Waals surface area contributed by atoms with Crippen LogP contribution in [-0.4, -0.2) is 30.5 Å². The second-order valence-electron chi connectivity index (χ2n) is 7.59. The maximum absolute atomic E-state index is 12.9. The summed E-state index contributed by atoms with van der Waals surface area (Å²) in [6.07, 6.45) is 5.35. The molecule has 1 heterocycles. The van der Waals surface area contributed by atoms with E-state index >= 15 is 0 Å². The van der Waals surface area contributed by atoms with E-state index in [1.165, 1.54) is 0 Å². The van der Waals surface area contributed by atoms with Crippen LogP contribution < -0.4 is 4.74 Å². The predicted molar refractivity (Wildman–Crippen MR) is 129 cm³/mol. The van der Waals surface area contributed by atoms with Gasteiger partial charge in [-0.2, -0.15) is 0 Å². The molecule has 0 saturated heterocycles. The molecule has 5 heteroatoms. The van der Waals surface area contributed by atoms with Crippen molar-refractivity contribution in [3.8, 4) is 16.9 Å². The van der Waals surface area contributed by atoms with Crippen molar-refractivity contribution in [3.05, 3.63) is 59.3 Å². The second kappa shape index (κ2) is 10.5. The number of ether oxygens (including phenoxy) is 1. The van der Waals surface area contributed by atoms with Crippen LogP contribution in [0.15, 0.2) is 53.2 Å². The molecule has 1 amide bonds. The van der Waals surface area contributed by atoms with E-state index < -0.39 is 0 Å². The lowest BCUT2D eigenvalue weighted by Gasteiger charge is -2.20. The zero-order valence-electron chi connectivity index (χ0n) is 18.7.